The van der Waals surface area contributed by atoms with Crippen molar-refractivity contribution in [2.45, 2.75) is 37.5 Å². The van der Waals surface area contributed by atoms with Crippen molar-refractivity contribution in [1.82, 2.24) is 5.32 Å². The van der Waals surface area contributed by atoms with Crippen molar-refractivity contribution in [3.8, 4) is 0 Å². The third-order valence-electron chi connectivity index (χ3n) is 5.23. The van der Waals surface area contributed by atoms with Crippen LogP contribution in [0.3, 0.4) is 0 Å². The molecule has 2 atom stereocenters. The van der Waals surface area contributed by atoms with Crippen LogP contribution in [0.2, 0.25) is 0 Å². The first-order valence-electron chi connectivity index (χ1n) is 7.68. The molecule has 0 aromatic heterocycles. The zero-order chi connectivity index (χ0) is 14.9. The number of carbonyl (C=O) groups is 2. The molecule has 2 N–H and O–H groups in total. The number of carboxylic acid groups (broad SMARTS) is 1. The Bertz CT molecular complexity index is 536. The molecule has 0 saturated heterocycles. The lowest BCUT2D eigenvalue weighted by molar-refractivity contribution is -0.152. The summed E-state index contributed by atoms with van der Waals surface area (Å²) in [5.74, 6) is -1.76. The second-order valence-corrected chi connectivity index (χ2v) is 6.35. The number of nitrogens with one attached hydrogen (secondary N) is 1. The van der Waals surface area contributed by atoms with Gasteiger partial charge in [-0.2, -0.15) is 0 Å². The predicted molar refractivity (Wildman–Crippen MR) is 78.8 cm³/mol. The van der Waals surface area contributed by atoms with E-state index >= 15 is 0 Å². The zero-order valence-corrected chi connectivity index (χ0v) is 12.0. The molecule has 2 fully saturated rings. The van der Waals surface area contributed by atoms with E-state index in [2.05, 4.69) is 17.4 Å². The number of benzene rings is 1. The summed E-state index contributed by atoms with van der Waals surface area (Å²) in [6.45, 7) is 0.624. The minimum Gasteiger partial charge on any atom is -0.481 e. The molecule has 0 aliphatic heterocycles. The summed E-state index contributed by atoms with van der Waals surface area (Å²) in [7, 11) is 0. The van der Waals surface area contributed by atoms with Gasteiger partial charge in [-0.25, -0.2) is 0 Å². The largest absolute Gasteiger partial charge is 0.481 e. The highest BCUT2D eigenvalue weighted by molar-refractivity contribution is 5.86. The van der Waals surface area contributed by atoms with Crippen LogP contribution in [0.4, 0.5) is 0 Å². The summed E-state index contributed by atoms with van der Waals surface area (Å²) in [6, 6.07) is 10.3. The third-order valence-corrected chi connectivity index (χ3v) is 5.23. The Morgan fingerprint density at radius 3 is 2.29 bits per heavy atom. The zero-order valence-electron chi connectivity index (χ0n) is 12.0. The monoisotopic (exact) mass is 287 g/mol. The van der Waals surface area contributed by atoms with Gasteiger partial charge in [-0.1, -0.05) is 36.8 Å². The number of hydrogen-bond acceptors (Lipinski definition) is 2. The number of aliphatic carboxylic acids is 1. The molecule has 3 rings (SSSR count). The van der Waals surface area contributed by atoms with E-state index in [9.17, 15) is 9.59 Å². The Morgan fingerprint density at radius 2 is 1.81 bits per heavy atom. The van der Waals surface area contributed by atoms with Gasteiger partial charge in [-0.05, 0) is 31.2 Å². The van der Waals surface area contributed by atoms with Crippen LogP contribution in [0, 0.1) is 11.8 Å². The molecule has 2 aliphatic rings. The summed E-state index contributed by atoms with van der Waals surface area (Å²) in [4.78, 5) is 23.2. The maximum atomic E-state index is 12.2. The van der Waals surface area contributed by atoms with Crippen LogP contribution in [0.25, 0.3) is 0 Å². The highest BCUT2D eigenvalue weighted by atomic mass is 16.4. The van der Waals surface area contributed by atoms with Gasteiger partial charge in [0.15, 0.2) is 0 Å². The quantitative estimate of drug-likeness (QED) is 0.873. The summed E-state index contributed by atoms with van der Waals surface area (Å²) in [5.41, 5.74) is 1.33. The number of amides is 1. The minimum absolute atomic E-state index is 0.0549. The molecule has 4 nitrogen and oxygen atoms in total. The van der Waals surface area contributed by atoms with Gasteiger partial charge in [0.05, 0.1) is 11.8 Å². The van der Waals surface area contributed by atoms with E-state index in [4.69, 9.17) is 5.11 Å². The van der Waals surface area contributed by atoms with Gasteiger partial charge in [0.25, 0.3) is 0 Å². The van der Waals surface area contributed by atoms with Crippen molar-refractivity contribution in [3.63, 3.8) is 0 Å². The molecule has 112 valence electrons. The second-order valence-electron chi connectivity index (χ2n) is 6.35. The molecule has 2 aliphatic carbocycles. The number of hydrogen-bond donors (Lipinski definition) is 2. The normalized spacial score (nSPS) is 26.3. The fourth-order valence-corrected chi connectivity index (χ4v) is 3.46. The van der Waals surface area contributed by atoms with E-state index in [1.54, 1.807) is 0 Å². The van der Waals surface area contributed by atoms with E-state index in [0.29, 0.717) is 19.4 Å². The molecular weight excluding hydrogens is 266 g/mol. The molecule has 1 aromatic rings. The molecule has 0 bridgehead atoms. The molecule has 0 heterocycles. The van der Waals surface area contributed by atoms with Crippen molar-refractivity contribution in [3.05, 3.63) is 35.9 Å². The predicted octanol–water partition coefficient (Wildman–Crippen LogP) is 2.34. The molecule has 2 unspecified atom stereocenters. The van der Waals surface area contributed by atoms with Crippen LogP contribution in [0.15, 0.2) is 30.3 Å². The van der Waals surface area contributed by atoms with Gasteiger partial charge in [-0.3, -0.25) is 9.59 Å². The molecule has 1 aromatic carbocycles. The number of carboxylic acids is 1. The maximum Gasteiger partial charge on any atom is 0.307 e. The fourth-order valence-electron chi connectivity index (χ4n) is 3.46. The molecule has 0 radical (unpaired) electrons. The summed E-state index contributed by atoms with van der Waals surface area (Å²) in [6.07, 6.45) is 4.68. The third kappa shape index (κ3) is 2.55. The van der Waals surface area contributed by atoms with Crippen molar-refractivity contribution < 1.29 is 14.7 Å². The van der Waals surface area contributed by atoms with E-state index in [1.807, 2.05) is 18.2 Å². The smallest absolute Gasteiger partial charge is 0.307 e. The molecule has 1 amide bonds. The first-order valence-corrected chi connectivity index (χ1v) is 7.68. The molecule has 2 saturated carbocycles. The minimum atomic E-state index is -0.845. The van der Waals surface area contributed by atoms with Crippen LogP contribution in [-0.2, 0) is 15.0 Å². The molecular formula is C17H21NO3. The van der Waals surface area contributed by atoms with Crippen molar-refractivity contribution in [2.75, 3.05) is 6.54 Å². The number of rotatable bonds is 5. The first kappa shape index (κ1) is 14.1. The summed E-state index contributed by atoms with van der Waals surface area (Å²) < 4.78 is 0. The van der Waals surface area contributed by atoms with E-state index in [-0.39, 0.29) is 17.2 Å². The van der Waals surface area contributed by atoms with Crippen LogP contribution in [0.1, 0.15) is 37.7 Å². The average Bonchev–Trinajstić information content (AvgIpc) is 2.36. The lowest BCUT2D eigenvalue weighted by Gasteiger charge is -2.43. The molecule has 0 spiro atoms. The lowest BCUT2D eigenvalue weighted by Crippen LogP contribution is -2.50. The van der Waals surface area contributed by atoms with Crippen LogP contribution >= 0.6 is 0 Å². The Morgan fingerprint density at radius 1 is 1.14 bits per heavy atom. The van der Waals surface area contributed by atoms with E-state index in [1.165, 1.54) is 12.0 Å². The highest BCUT2D eigenvalue weighted by Gasteiger charge is 2.43. The Balaban J connectivity index is 1.61. The van der Waals surface area contributed by atoms with Crippen molar-refractivity contribution in [1.29, 1.82) is 0 Å². The topological polar surface area (TPSA) is 66.4 Å². The molecule has 21 heavy (non-hydrogen) atoms. The van der Waals surface area contributed by atoms with Gasteiger partial charge in [0.2, 0.25) is 5.91 Å². The van der Waals surface area contributed by atoms with Crippen LogP contribution in [0.5, 0.6) is 0 Å². The van der Waals surface area contributed by atoms with Crippen LogP contribution in [-0.4, -0.2) is 23.5 Å². The Hall–Kier alpha value is -1.84. The Kier molecular flexibility index (Phi) is 3.70. The number of carbonyl (C=O) groups excluding carboxylic acids is 1. The summed E-state index contributed by atoms with van der Waals surface area (Å²) >= 11 is 0. The van der Waals surface area contributed by atoms with Gasteiger partial charge in [0.1, 0.15) is 0 Å². The van der Waals surface area contributed by atoms with Gasteiger partial charge in [0, 0.05) is 12.0 Å². The SMILES string of the molecule is O=C(O)C1CCC1C(=O)NCC1(c2ccccc2)CCC1. The average molecular weight is 287 g/mol. The van der Waals surface area contributed by atoms with Crippen molar-refractivity contribution in [2.24, 2.45) is 11.8 Å². The van der Waals surface area contributed by atoms with E-state index < -0.39 is 11.9 Å². The Labute approximate surface area is 124 Å². The van der Waals surface area contributed by atoms with Gasteiger partial charge < -0.3 is 10.4 Å². The lowest BCUT2D eigenvalue weighted by atomic mass is 9.64. The van der Waals surface area contributed by atoms with Crippen LogP contribution < -0.4 is 5.32 Å². The second kappa shape index (κ2) is 5.51. The molecule has 4 heteroatoms. The van der Waals surface area contributed by atoms with Gasteiger partial charge in [-0.15, -0.1) is 0 Å². The fraction of sp³-hybridized carbons (Fsp3) is 0.529. The van der Waals surface area contributed by atoms with Crippen molar-refractivity contribution >= 4 is 11.9 Å². The standard InChI is InChI=1S/C17H21NO3/c19-15(13-7-8-14(13)16(20)21)18-11-17(9-4-10-17)12-5-2-1-3-6-12/h1-3,5-6,13-14H,4,7-11H2,(H,18,19)(H,20,21). The van der Waals surface area contributed by atoms with Gasteiger partial charge >= 0.3 is 5.97 Å². The van der Waals surface area contributed by atoms with E-state index in [0.717, 1.165) is 12.8 Å². The first-order chi connectivity index (χ1) is 10.1. The highest BCUT2D eigenvalue weighted by Crippen LogP contribution is 2.43. The summed E-state index contributed by atoms with van der Waals surface area (Å²) in [5, 5.41) is 12.0. The maximum absolute atomic E-state index is 12.2.